The van der Waals surface area contributed by atoms with Crippen molar-refractivity contribution in [3.05, 3.63) is 59.2 Å². The minimum atomic E-state index is 0. The molecule has 0 aliphatic heterocycles. The number of hydrogen-bond donors (Lipinski definition) is 2. The lowest BCUT2D eigenvalue weighted by molar-refractivity contribution is 0.309. The van der Waals surface area contributed by atoms with Crippen LogP contribution in [0.4, 0.5) is 5.95 Å². The Morgan fingerprint density at radius 2 is 1.91 bits per heavy atom. The molecular formula is C24H35ClN6O. The van der Waals surface area contributed by atoms with E-state index in [-0.39, 0.29) is 12.4 Å². The molecule has 0 saturated carbocycles. The van der Waals surface area contributed by atoms with E-state index < -0.39 is 0 Å². The third-order valence-corrected chi connectivity index (χ3v) is 5.08. The Hall–Kier alpha value is -2.80. The first-order valence-corrected chi connectivity index (χ1v) is 11.2. The van der Waals surface area contributed by atoms with E-state index in [0.29, 0.717) is 5.95 Å². The molecule has 0 atom stereocenters. The lowest BCUT2D eigenvalue weighted by atomic mass is 10.1. The Bertz CT molecular complexity index is 948. The van der Waals surface area contributed by atoms with E-state index >= 15 is 0 Å². The zero-order chi connectivity index (χ0) is 21.9. The molecule has 174 valence electrons. The topological polar surface area (TPSA) is 94.6 Å². The molecule has 0 fully saturated rings. The van der Waals surface area contributed by atoms with Crippen LogP contribution in [0.15, 0.2) is 42.2 Å². The molecule has 3 aromatic rings. The molecule has 2 aromatic heterocycles. The van der Waals surface area contributed by atoms with Crippen molar-refractivity contribution < 1.29 is 4.74 Å². The molecule has 8 heteroatoms. The number of allylic oxidation sites excluding steroid dienone is 1. The monoisotopic (exact) mass is 458 g/mol. The SMILES string of the molecule is CCCCOc1ccc(/C=C(\C)Cn2cc(CCCCCc3cnc(N)[nH]3)nn2)cc1.Cl. The van der Waals surface area contributed by atoms with E-state index in [2.05, 4.69) is 58.5 Å². The van der Waals surface area contributed by atoms with Gasteiger partial charge < -0.3 is 15.5 Å². The quantitative estimate of drug-likeness (QED) is 0.341. The number of hydrogen-bond acceptors (Lipinski definition) is 5. The molecule has 3 rings (SSSR count). The highest BCUT2D eigenvalue weighted by Crippen LogP contribution is 2.16. The summed E-state index contributed by atoms with van der Waals surface area (Å²) in [4.78, 5) is 7.09. The van der Waals surface area contributed by atoms with Gasteiger partial charge in [0.2, 0.25) is 0 Å². The third-order valence-electron chi connectivity index (χ3n) is 5.08. The Labute approximate surface area is 196 Å². The second-order valence-electron chi connectivity index (χ2n) is 8.02. The zero-order valence-electron chi connectivity index (χ0n) is 19.1. The fraction of sp³-hybridized carbons (Fsp3) is 0.458. The highest BCUT2D eigenvalue weighted by atomic mass is 35.5. The van der Waals surface area contributed by atoms with E-state index in [0.717, 1.165) is 75.2 Å². The number of rotatable bonds is 13. The number of aromatic amines is 1. The second-order valence-corrected chi connectivity index (χ2v) is 8.02. The number of nitrogens with two attached hydrogens (primary N) is 1. The lowest BCUT2D eigenvalue weighted by Crippen LogP contribution is -2.00. The molecule has 0 amide bonds. The average molecular weight is 459 g/mol. The molecule has 0 radical (unpaired) electrons. The molecular weight excluding hydrogens is 424 g/mol. The maximum atomic E-state index is 5.72. The Kier molecular flexibility index (Phi) is 10.8. The predicted molar refractivity (Wildman–Crippen MR) is 132 cm³/mol. The van der Waals surface area contributed by atoms with Crippen LogP contribution >= 0.6 is 12.4 Å². The number of anilines is 1. The van der Waals surface area contributed by atoms with Gasteiger partial charge in [-0.05, 0) is 56.7 Å². The van der Waals surface area contributed by atoms with Gasteiger partial charge in [-0.1, -0.05) is 48.8 Å². The molecule has 32 heavy (non-hydrogen) atoms. The normalized spacial score (nSPS) is 11.4. The fourth-order valence-corrected chi connectivity index (χ4v) is 3.41. The lowest BCUT2D eigenvalue weighted by Gasteiger charge is -2.06. The van der Waals surface area contributed by atoms with E-state index in [1.165, 1.54) is 11.1 Å². The van der Waals surface area contributed by atoms with Crippen LogP contribution in [-0.4, -0.2) is 31.6 Å². The van der Waals surface area contributed by atoms with Crippen molar-refractivity contribution in [1.29, 1.82) is 0 Å². The third kappa shape index (κ3) is 8.75. The fourth-order valence-electron chi connectivity index (χ4n) is 3.41. The van der Waals surface area contributed by atoms with Crippen LogP contribution in [0.2, 0.25) is 0 Å². The van der Waals surface area contributed by atoms with Crippen LogP contribution in [0.25, 0.3) is 6.08 Å². The van der Waals surface area contributed by atoms with Crippen molar-refractivity contribution in [1.82, 2.24) is 25.0 Å². The molecule has 1 aromatic carbocycles. The summed E-state index contributed by atoms with van der Waals surface area (Å²) in [5.74, 6) is 1.42. The van der Waals surface area contributed by atoms with Crippen LogP contribution in [0, 0.1) is 0 Å². The summed E-state index contributed by atoms with van der Waals surface area (Å²) < 4.78 is 7.64. The molecule has 2 heterocycles. The van der Waals surface area contributed by atoms with Gasteiger partial charge in [-0.2, -0.15) is 0 Å². The van der Waals surface area contributed by atoms with Gasteiger partial charge >= 0.3 is 0 Å². The second kappa shape index (κ2) is 13.6. The summed E-state index contributed by atoms with van der Waals surface area (Å²) in [7, 11) is 0. The molecule has 3 N–H and O–H groups in total. The van der Waals surface area contributed by atoms with Crippen LogP contribution in [0.5, 0.6) is 5.75 Å². The number of halogens is 1. The summed E-state index contributed by atoms with van der Waals surface area (Å²) in [6.07, 6.45) is 13.6. The minimum Gasteiger partial charge on any atom is -0.494 e. The van der Waals surface area contributed by atoms with Gasteiger partial charge in [-0.25, -0.2) is 9.67 Å². The van der Waals surface area contributed by atoms with Crippen molar-refractivity contribution in [2.75, 3.05) is 12.3 Å². The predicted octanol–water partition coefficient (Wildman–Crippen LogP) is 5.24. The van der Waals surface area contributed by atoms with Gasteiger partial charge in [0, 0.05) is 11.9 Å². The Balaban J connectivity index is 0.00000363. The van der Waals surface area contributed by atoms with Crippen molar-refractivity contribution in [3.8, 4) is 5.75 Å². The number of nitrogens with one attached hydrogen (secondary N) is 1. The summed E-state index contributed by atoms with van der Waals surface area (Å²) >= 11 is 0. The number of unbranched alkanes of at least 4 members (excludes halogenated alkanes) is 3. The molecule has 0 aliphatic rings. The van der Waals surface area contributed by atoms with Crippen LogP contribution < -0.4 is 10.5 Å². The largest absolute Gasteiger partial charge is 0.494 e. The summed E-state index contributed by atoms with van der Waals surface area (Å²) in [6, 6.07) is 8.25. The van der Waals surface area contributed by atoms with E-state index in [1.807, 2.05) is 23.0 Å². The van der Waals surface area contributed by atoms with Crippen LogP contribution in [0.3, 0.4) is 0 Å². The van der Waals surface area contributed by atoms with E-state index in [9.17, 15) is 0 Å². The summed E-state index contributed by atoms with van der Waals surface area (Å²) in [5, 5.41) is 8.60. The standard InChI is InChI=1S/C24H34N6O.ClH/c1-3-4-14-31-23-12-10-20(11-13-23)15-19(2)17-30-18-22(28-29-30)9-7-5-6-8-21-16-26-24(25)27-21;/h10-13,15-16,18H,3-9,14,17H2,1-2H3,(H3,25,26,27);1H/b19-15+;. The summed E-state index contributed by atoms with van der Waals surface area (Å²) in [6.45, 7) is 5.80. The molecule has 0 aliphatic carbocycles. The first-order chi connectivity index (χ1) is 15.1. The van der Waals surface area contributed by atoms with Crippen molar-refractivity contribution in [2.24, 2.45) is 0 Å². The molecule has 0 saturated heterocycles. The van der Waals surface area contributed by atoms with Gasteiger partial charge in [0.1, 0.15) is 5.75 Å². The number of imidazole rings is 1. The van der Waals surface area contributed by atoms with Crippen molar-refractivity contribution >= 4 is 24.4 Å². The number of nitrogens with zero attached hydrogens (tertiary/aromatic N) is 4. The zero-order valence-corrected chi connectivity index (χ0v) is 19.9. The van der Waals surface area contributed by atoms with Gasteiger partial charge in [0.05, 0.1) is 25.0 Å². The van der Waals surface area contributed by atoms with Gasteiger partial charge in [0.15, 0.2) is 5.95 Å². The highest BCUT2D eigenvalue weighted by molar-refractivity contribution is 5.85. The van der Waals surface area contributed by atoms with Crippen molar-refractivity contribution in [2.45, 2.75) is 65.3 Å². The first-order valence-electron chi connectivity index (χ1n) is 11.2. The van der Waals surface area contributed by atoms with Crippen LogP contribution in [-0.2, 0) is 19.4 Å². The van der Waals surface area contributed by atoms with Gasteiger partial charge in [0.25, 0.3) is 0 Å². The first kappa shape index (κ1) is 25.5. The van der Waals surface area contributed by atoms with Crippen molar-refractivity contribution in [3.63, 3.8) is 0 Å². The minimum absolute atomic E-state index is 0. The van der Waals surface area contributed by atoms with Gasteiger partial charge in [-0.15, -0.1) is 17.5 Å². The molecule has 0 unspecified atom stereocenters. The number of aryl methyl sites for hydroxylation is 2. The number of ether oxygens (including phenoxy) is 1. The highest BCUT2D eigenvalue weighted by Gasteiger charge is 2.03. The number of benzene rings is 1. The molecule has 7 nitrogen and oxygen atoms in total. The van der Waals surface area contributed by atoms with Gasteiger partial charge in [-0.3, -0.25) is 0 Å². The number of aromatic nitrogens is 5. The maximum absolute atomic E-state index is 5.72. The van der Waals surface area contributed by atoms with E-state index in [4.69, 9.17) is 10.5 Å². The summed E-state index contributed by atoms with van der Waals surface area (Å²) in [5.41, 5.74) is 10.1. The Morgan fingerprint density at radius 3 is 2.62 bits per heavy atom. The smallest absolute Gasteiger partial charge is 0.197 e. The number of H-pyrrole nitrogens is 1. The Morgan fingerprint density at radius 1 is 1.12 bits per heavy atom. The molecule has 0 bridgehead atoms. The molecule has 0 spiro atoms. The number of nitrogen functional groups attached to an aromatic ring is 1. The average Bonchev–Trinajstić information content (AvgIpc) is 3.38. The van der Waals surface area contributed by atoms with Crippen LogP contribution in [0.1, 0.15) is 62.9 Å². The van der Waals surface area contributed by atoms with E-state index in [1.54, 1.807) is 0 Å². The maximum Gasteiger partial charge on any atom is 0.197 e.